The maximum Gasteiger partial charge on any atom is 0.176 e. The molecular formula is C12H9F2NOS2. The smallest absolute Gasteiger partial charge is 0.176 e. The van der Waals surface area contributed by atoms with Crippen molar-refractivity contribution in [2.45, 2.75) is 11.3 Å². The van der Waals surface area contributed by atoms with Crippen molar-refractivity contribution in [3.63, 3.8) is 0 Å². The van der Waals surface area contributed by atoms with Crippen LogP contribution in [-0.2, 0) is 0 Å². The Morgan fingerprint density at radius 3 is 2.83 bits per heavy atom. The summed E-state index contributed by atoms with van der Waals surface area (Å²) < 4.78 is 26.8. The number of aromatic nitrogens is 1. The van der Waals surface area contributed by atoms with E-state index >= 15 is 0 Å². The largest absolute Gasteiger partial charge is 0.293 e. The lowest BCUT2D eigenvalue weighted by atomic mass is 10.1. The van der Waals surface area contributed by atoms with E-state index in [1.807, 2.05) is 12.3 Å². The Balaban J connectivity index is 2.03. The number of Topliss-reactive ketones (excluding diaryl/α,β-unsaturated/α-hetero) is 1. The molecule has 94 valence electrons. The van der Waals surface area contributed by atoms with E-state index in [-0.39, 0.29) is 17.1 Å². The van der Waals surface area contributed by atoms with Crippen molar-refractivity contribution in [1.82, 2.24) is 4.98 Å². The quantitative estimate of drug-likeness (QED) is 0.633. The van der Waals surface area contributed by atoms with Gasteiger partial charge < -0.3 is 0 Å². The van der Waals surface area contributed by atoms with Gasteiger partial charge in [-0.15, -0.1) is 11.3 Å². The topological polar surface area (TPSA) is 30.0 Å². The Hall–Kier alpha value is -1.27. The summed E-state index contributed by atoms with van der Waals surface area (Å²) in [5.41, 5.74) is 0.806. The monoisotopic (exact) mass is 285 g/mol. The first-order valence-corrected chi connectivity index (χ1v) is 6.96. The maximum absolute atomic E-state index is 13.3. The number of thioether (sulfide) groups is 1. The van der Waals surface area contributed by atoms with Crippen molar-refractivity contribution in [3.8, 4) is 0 Å². The fraction of sp³-hybridized carbons (Fsp3) is 0.167. The molecule has 2 aromatic rings. The van der Waals surface area contributed by atoms with E-state index in [4.69, 9.17) is 0 Å². The molecule has 0 bridgehead atoms. The Morgan fingerprint density at radius 1 is 1.44 bits per heavy atom. The van der Waals surface area contributed by atoms with Gasteiger partial charge in [-0.2, -0.15) is 0 Å². The van der Waals surface area contributed by atoms with Crippen LogP contribution in [0.4, 0.5) is 8.78 Å². The summed E-state index contributed by atoms with van der Waals surface area (Å²) in [4.78, 5) is 15.9. The lowest BCUT2D eigenvalue weighted by Gasteiger charge is -2.01. The SMILES string of the molecule is Cc1csc(SCC(=O)c2ccc(F)cc2F)n1. The van der Waals surface area contributed by atoms with Gasteiger partial charge in [0.2, 0.25) is 0 Å². The van der Waals surface area contributed by atoms with Crippen molar-refractivity contribution in [2.75, 3.05) is 5.75 Å². The summed E-state index contributed by atoms with van der Waals surface area (Å²) in [5.74, 6) is -1.79. The molecule has 0 radical (unpaired) electrons. The molecule has 0 unspecified atom stereocenters. The predicted octanol–water partition coefficient (Wildman–Crippen LogP) is 3.70. The van der Waals surface area contributed by atoms with Gasteiger partial charge in [0.25, 0.3) is 0 Å². The number of aryl methyl sites for hydroxylation is 1. The molecule has 0 amide bonds. The molecular weight excluding hydrogens is 276 g/mol. The first-order valence-electron chi connectivity index (χ1n) is 5.09. The van der Waals surface area contributed by atoms with Gasteiger partial charge in [-0.25, -0.2) is 13.8 Å². The van der Waals surface area contributed by atoms with Gasteiger partial charge in [0.05, 0.1) is 11.3 Å². The molecule has 1 heterocycles. The number of rotatable bonds is 4. The summed E-state index contributed by atoms with van der Waals surface area (Å²) in [7, 11) is 0. The molecule has 2 nitrogen and oxygen atoms in total. The summed E-state index contributed by atoms with van der Waals surface area (Å²) in [6.07, 6.45) is 0. The molecule has 0 N–H and O–H groups in total. The highest BCUT2D eigenvalue weighted by Crippen LogP contribution is 2.23. The van der Waals surface area contributed by atoms with Gasteiger partial charge in [0.1, 0.15) is 11.6 Å². The number of hydrogen-bond donors (Lipinski definition) is 0. The summed E-state index contributed by atoms with van der Waals surface area (Å²) >= 11 is 2.69. The molecule has 0 aliphatic rings. The van der Waals surface area contributed by atoms with Crippen LogP contribution in [0.1, 0.15) is 16.1 Å². The van der Waals surface area contributed by atoms with E-state index in [1.165, 1.54) is 29.2 Å². The second-order valence-electron chi connectivity index (χ2n) is 3.59. The Morgan fingerprint density at radius 2 is 2.22 bits per heavy atom. The molecule has 1 aromatic carbocycles. The van der Waals surface area contributed by atoms with Crippen LogP contribution in [0.2, 0.25) is 0 Å². The van der Waals surface area contributed by atoms with E-state index in [2.05, 4.69) is 4.98 Å². The molecule has 1 aromatic heterocycles. The molecule has 0 aliphatic heterocycles. The van der Waals surface area contributed by atoms with Gasteiger partial charge >= 0.3 is 0 Å². The number of carbonyl (C=O) groups is 1. The highest BCUT2D eigenvalue weighted by Gasteiger charge is 2.13. The molecule has 0 atom stereocenters. The summed E-state index contributed by atoms with van der Waals surface area (Å²) in [6, 6.07) is 2.96. The first kappa shape index (κ1) is 13.2. The minimum absolute atomic E-state index is 0.0859. The first-order chi connectivity index (χ1) is 8.56. The second-order valence-corrected chi connectivity index (χ2v) is 5.67. The van der Waals surface area contributed by atoms with Crippen LogP contribution in [0.25, 0.3) is 0 Å². The normalized spacial score (nSPS) is 10.6. The zero-order valence-corrected chi connectivity index (χ0v) is 11.1. The second kappa shape index (κ2) is 5.58. The Labute approximate surface area is 111 Å². The Kier molecular flexibility index (Phi) is 4.08. The van der Waals surface area contributed by atoms with Crippen molar-refractivity contribution >= 4 is 28.9 Å². The van der Waals surface area contributed by atoms with E-state index < -0.39 is 11.6 Å². The number of hydrogen-bond acceptors (Lipinski definition) is 4. The summed E-state index contributed by atoms with van der Waals surface area (Å²) in [6.45, 7) is 1.86. The van der Waals surface area contributed by atoms with Crippen LogP contribution < -0.4 is 0 Å². The van der Waals surface area contributed by atoms with Crippen LogP contribution in [0.3, 0.4) is 0 Å². The van der Waals surface area contributed by atoms with Crippen LogP contribution in [0, 0.1) is 18.6 Å². The third-order valence-electron chi connectivity index (χ3n) is 2.16. The van der Waals surface area contributed by atoms with Crippen molar-refractivity contribution in [3.05, 3.63) is 46.5 Å². The maximum atomic E-state index is 13.3. The van der Waals surface area contributed by atoms with Crippen LogP contribution in [0.5, 0.6) is 0 Å². The average molecular weight is 285 g/mol. The minimum atomic E-state index is -0.823. The van der Waals surface area contributed by atoms with Crippen LogP contribution in [-0.4, -0.2) is 16.5 Å². The Bertz CT molecular complexity index is 583. The molecule has 0 fully saturated rings. The number of halogens is 2. The lowest BCUT2D eigenvalue weighted by molar-refractivity contribution is 0.101. The lowest BCUT2D eigenvalue weighted by Crippen LogP contribution is -2.05. The van der Waals surface area contributed by atoms with Gasteiger partial charge in [-0.1, -0.05) is 11.8 Å². The van der Waals surface area contributed by atoms with Gasteiger partial charge in [-0.3, -0.25) is 4.79 Å². The third kappa shape index (κ3) is 3.14. The molecule has 0 aliphatic carbocycles. The molecule has 0 saturated heterocycles. The van der Waals surface area contributed by atoms with Crippen LogP contribution >= 0.6 is 23.1 Å². The van der Waals surface area contributed by atoms with E-state index in [0.29, 0.717) is 6.07 Å². The van der Waals surface area contributed by atoms with Crippen LogP contribution in [0.15, 0.2) is 27.9 Å². The highest BCUT2D eigenvalue weighted by molar-refractivity contribution is 8.01. The fourth-order valence-electron chi connectivity index (χ4n) is 1.32. The van der Waals surface area contributed by atoms with Crippen molar-refractivity contribution < 1.29 is 13.6 Å². The molecule has 0 spiro atoms. The third-order valence-corrected chi connectivity index (χ3v) is 4.30. The molecule has 6 heteroatoms. The van der Waals surface area contributed by atoms with Crippen molar-refractivity contribution in [2.24, 2.45) is 0 Å². The summed E-state index contributed by atoms with van der Waals surface area (Å²) in [5, 5.41) is 1.88. The highest BCUT2D eigenvalue weighted by atomic mass is 32.2. The van der Waals surface area contributed by atoms with Gasteiger partial charge in [-0.05, 0) is 19.1 Å². The number of ketones is 1. The zero-order chi connectivity index (χ0) is 13.1. The zero-order valence-electron chi connectivity index (χ0n) is 9.44. The molecule has 0 saturated carbocycles. The molecule has 18 heavy (non-hydrogen) atoms. The molecule has 2 rings (SSSR count). The number of carbonyl (C=O) groups excluding carboxylic acids is 1. The number of nitrogens with zero attached hydrogens (tertiary/aromatic N) is 1. The average Bonchev–Trinajstić information content (AvgIpc) is 2.72. The van der Waals surface area contributed by atoms with E-state index in [1.54, 1.807) is 0 Å². The standard InChI is InChI=1S/C12H9F2NOS2/c1-7-5-17-12(15-7)18-6-11(16)9-3-2-8(13)4-10(9)14/h2-5H,6H2,1H3. The number of benzene rings is 1. The fourth-order valence-corrected chi connectivity index (χ4v) is 3.05. The van der Waals surface area contributed by atoms with Gasteiger partial charge in [0, 0.05) is 17.1 Å². The van der Waals surface area contributed by atoms with Gasteiger partial charge in [0.15, 0.2) is 10.1 Å². The predicted molar refractivity (Wildman–Crippen MR) is 68.3 cm³/mol. The van der Waals surface area contributed by atoms with Crippen molar-refractivity contribution in [1.29, 1.82) is 0 Å². The number of thiazole rings is 1. The van der Waals surface area contributed by atoms with E-state index in [9.17, 15) is 13.6 Å². The minimum Gasteiger partial charge on any atom is -0.293 e. The van der Waals surface area contributed by atoms with E-state index in [0.717, 1.165) is 16.1 Å².